The van der Waals surface area contributed by atoms with Crippen molar-refractivity contribution in [3.8, 4) is 5.75 Å². The van der Waals surface area contributed by atoms with E-state index in [1.807, 2.05) is 0 Å². The van der Waals surface area contributed by atoms with Crippen molar-refractivity contribution in [3.63, 3.8) is 0 Å². The van der Waals surface area contributed by atoms with Gasteiger partial charge in [-0.15, -0.1) is 0 Å². The van der Waals surface area contributed by atoms with Gasteiger partial charge >= 0.3 is 6.18 Å². The molecule has 0 atom stereocenters. The molecular formula is C20H15ClF3N5O2. The van der Waals surface area contributed by atoms with Crippen molar-refractivity contribution >= 4 is 35.2 Å². The number of carbonyl (C=O) groups excluding carboxylic acids is 1. The number of ether oxygens (including phenoxy) is 1. The van der Waals surface area contributed by atoms with Crippen LogP contribution >= 0.6 is 11.6 Å². The highest BCUT2D eigenvalue weighted by Crippen LogP contribution is 2.33. The van der Waals surface area contributed by atoms with Crippen LogP contribution in [0.3, 0.4) is 0 Å². The molecule has 1 amide bonds. The standard InChI is InChI=1S/C20H15ClF3N5O2/c1-31-16-6-4-13(21)9-15(16)27-18-14(5-7-17(28-18)20(22,23)24)19(30)29-26-11-12-3-2-8-25-10-12/h2-11H,1H3,(H,27,28)(H,29,30)/b26-11+. The molecule has 0 bridgehead atoms. The number of nitrogens with one attached hydrogen (secondary N) is 2. The number of pyridine rings is 2. The van der Waals surface area contributed by atoms with E-state index in [0.717, 1.165) is 6.07 Å². The van der Waals surface area contributed by atoms with Crippen molar-refractivity contribution in [1.29, 1.82) is 0 Å². The van der Waals surface area contributed by atoms with E-state index in [4.69, 9.17) is 16.3 Å². The van der Waals surface area contributed by atoms with E-state index >= 15 is 0 Å². The molecule has 2 aromatic heterocycles. The van der Waals surface area contributed by atoms with Crippen LogP contribution in [-0.2, 0) is 6.18 Å². The molecule has 0 saturated heterocycles. The number of halogens is 4. The van der Waals surface area contributed by atoms with Crippen LogP contribution in [0.1, 0.15) is 21.6 Å². The Morgan fingerprint density at radius 1 is 1.23 bits per heavy atom. The first-order chi connectivity index (χ1) is 14.8. The zero-order valence-corrected chi connectivity index (χ0v) is 16.7. The summed E-state index contributed by atoms with van der Waals surface area (Å²) in [6, 6.07) is 9.61. The second kappa shape index (κ2) is 9.43. The average molecular weight is 450 g/mol. The van der Waals surface area contributed by atoms with Gasteiger partial charge in [0.25, 0.3) is 5.91 Å². The van der Waals surface area contributed by atoms with E-state index < -0.39 is 17.8 Å². The molecule has 0 unspecified atom stereocenters. The minimum absolute atomic E-state index is 0.168. The van der Waals surface area contributed by atoms with E-state index in [2.05, 4.69) is 25.8 Å². The van der Waals surface area contributed by atoms with Crippen LogP contribution in [0.2, 0.25) is 5.02 Å². The second-order valence-electron chi connectivity index (χ2n) is 6.05. The van der Waals surface area contributed by atoms with Gasteiger partial charge in [0, 0.05) is 23.0 Å². The summed E-state index contributed by atoms with van der Waals surface area (Å²) in [6.45, 7) is 0. The third kappa shape index (κ3) is 5.70. The lowest BCUT2D eigenvalue weighted by atomic mass is 10.2. The Balaban J connectivity index is 1.93. The van der Waals surface area contributed by atoms with Crippen LogP contribution in [0.15, 0.2) is 60.0 Å². The van der Waals surface area contributed by atoms with Crippen molar-refractivity contribution in [2.45, 2.75) is 6.18 Å². The fourth-order valence-corrected chi connectivity index (χ4v) is 2.65. The zero-order valence-electron chi connectivity index (χ0n) is 15.9. The van der Waals surface area contributed by atoms with Gasteiger partial charge in [0.2, 0.25) is 0 Å². The second-order valence-corrected chi connectivity index (χ2v) is 6.48. The van der Waals surface area contributed by atoms with Crippen LogP contribution < -0.4 is 15.5 Å². The first kappa shape index (κ1) is 22.0. The summed E-state index contributed by atoms with van der Waals surface area (Å²) in [4.78, 5) is 20.0. The van der Waals surface area contributed by atoms with Gasteiger partial charge in [0.1, 0.15) is 17.3 Å². The van der Waals surface area contributed by atoms with Gasteiger partial charge in [0.15, 0.2) is 0 Å². The molecule has 2 N–H and O–H groups in total. The van der Waals surface area contributed by atoms with Gasteiger partial charge in [0.05, 0.1) is 24.6 Å². The van der Waals surface area contributed by atoms with Gasteiger partial charge in [-0.1, -0.05) is 17.7 Å². The average Bonchev–Trinajstić information content (AvgIpc) is 2.74. The predicted octanol–water partition coefficient (Wildman–Crippen LogP) is 4.66. The summed E-state index contributed by atoms with van der Waals surface area (Å²) >= 11 is 5.97. The number of aromatic nitrogens is 2. The molecule has 0 aliphatic rings. The maximum Gasteiger partial charge on any atom is 0.433 e. The number of nitrogens with zero attached hydrogens (tertiary/aromatic N) is 3. The minimum Gasteiger partial charge on any atom is -0.495 e. The summed E-state index contributed by atoms with van der Waals surface area (Å²) in [5, 5.41) is 6.80. The molecule has 0 spiro atoms. The summed E-state index contributed by atoms with van der Waals surface area (Å²) in [5.41, 5.74) is 1.77. The number of amides is 1. The highest BCUT2D eigenvalue weighted by atomic mass is 35.5. The Kier molecular flexibility index (Phi) is 6.71. The first-order valence-electron chi connectivity index (χ1n) is 8.70. The molecule has 0 fully saturated rings. The quantitative estimate of drug-likeness (QED) is 0.422. The molecule has 0 aliphatic carbocycles. The van der Waals surface area contributed by atoms with Crippen molar-refractivity contribution in [1.82, 2.24) is 15.4 Å². The van der Waals surface area contributed by atoms with Gasteiger partial charge in [-0.2, -0.15) is 18.3 Å². The van der Waals surface area contributed by atoms with Crippen LogP contribution in [-0.4, -0.2) is 29.2 Å². The van der Waals surface area contributed by atoms with E-state index in [1.165, 1.54) is 31.7 Å². The summed E-state index contributed by atoms with van der Waals surface area (Å²) < 4.78 is 44.7. The van der Waals surface area contributed by atoms with E-state index in [9.17, 15) is 18.0 Å². The van der Waals surface area contributed by atoms with Crippen LogP contribution in [0.5, 0.6) is 5.75 Å². The highest BCUT2D eigenvalue weighted by molar-refractivity contribution is 6.31. The lowest BCUT2D eigenvalue weighted by Gasteiger charge is -2.15. The normalized spacial score (nSPS) is 11.4. The topological polar surface area (TPSA) is 88.5 Å². The Hall–Kier alpha value is -3.66. The molecular weight excluding hydrogens is 435 g/mol. The van der Waals surface area contributed by atoms with Gasteiger partial charge in [-0.05, 0) is 36.4 Å². The van der Waals surface area contributed by atoms with Crippen LogP contribution in [0, 0.1) is 0 Å². The van der Waals surface area contributed by atoms with E-state index in [0.29, 0.717) is 22.4 Å². The molecule has 3 aromatic rings. The third-order valence-corrected chi connectivity index (χ3v) is 4.14. The maximum absolute atomic E-state index is 13.2. The molecule has 31 heavy (non-hydrogen) atoms. The van der Waals surface area contributed by atoms with Crippen molar-refractivity contribution in [3.05, 3.63) is 76.7 Å². The summed E-state index contributed by atoms with van der Waals surface area (Å²) in [7, 11) is 1.38. The number of hydrazone groups is 1. The Labute approximate surface area is 179 Å². The monoisotopic (exact) mass is 449 g/mol. The molecule has 0 saturated carbocycles. The Morgan fingerprint density at radius 2 is 2.03 bits per heavy atom. The van der Waals surface area contributed by atoms with Crippen LogP contribution in [0.25, 0.3) is 0 Å². The molecule has 0 aliphatic heterocycles. The summed E-state index contributed by atoms with van der Waals surface area (Å²) in [5.74, 6) is -0.820. The van der Waals surface area contributed by atoms with Crippen molar-refractivity contribution in [2.75, 3.05) is 12.4 Å². The Morgan fingerprint density at radius 3 is 2.71 bits per heavy atom. The van der Waals surface area contributed by atoms with Crippen LogP contribution in [0.4, 0.5) is 24.7 Å². The highest BCUT2D eigenvalue weighted by Gasteiger charge is 2.33. The predicted molar refractivity (Wildman–Crippen MR) is 110 cm³/mol. The zero-order chi connectivity index (χ0) is 22.4. The van der Waals surface area contributed by atoms with Gasteiger partial charge in [-0.25, -0.2) is 10.4 Å². The molecule has 3 rings (SSSR count). The molecule has 2 heterocycles. The molecule has 7 nitrogen and oxygen atoms in total. The number of methoxy groups -OCH3 is 1. The lowest BCUT2D eigenvalue weighted by Crippen LogP contribution is -2.21. The summed E-state index contributed by atoms with van der Waals surface area (Å²) in [6.07, 6.45) is -0.266. The minimum atomic E-state index is -4.71. The first-order valence-corrected chi connectivity index (χ1v) is 9.08. The van der Waals surface area contributed by atoms with E-state index in [1.54, 1.807) is 24.4 Å². The number of hydrogen-bond acceptors (Lipinski definition) is 6. The number of anilines is 2. The molecule has 0 radical (unpaired) electrons. The SMILES string of the molecule is COc1ccc(Cl)cc1Nc1nc(C(F)(F)F)ccc1C(=O)N/N=C/c1cccnc1. The van der Waals surface area contributed by atoms with Crippen molar-refractivity contribution < 1.29 is 22.7 Å². The van der Waals surface area contributed by atoms with Gasteiger partial charge < -0.3 is 10.1 Å². The van der Waals surface area contributed by atoms with E-state index in [-0.39, 0.29) is 17.1 Å². The van der Waals surface area contributed by atoms with Crippen molar-refractivity contribution in [2.24, 2.45) is 5.10 Å². The number of carbonyl (C=O) groups is 1. The molecule has 160 valence electrons. The fraction of sp³-hybridized carbons (Fsp3) is 0.100. The van der Waals surface area contributed by atoms with Gasteiger partial charge in [-0.3, -0.25) is 9.78 Å². The number of benzene rings is 1. The maximum atomic E-state index is 13.2. The number of hydrogen-bond donors (Lipinski definition) is 2. The largest absolute Gasteiger partial charge is 0.495 e. The smallest absolute Gasteiger partial charge is 0.433 e. The lowest BCUT2D eigenvalue weighted by molar-refractivity contribution is -0.141. The number of alkyl halides is 3. The third-order valence-electron chi connectivity index (χ3n) is 3.91. The Bertz CT molecular complexity index is 1110. The fourth-order valence-electron chi connectivity index (χ4n) is 2.48. The molecule has 1 aromatic carbocycles. The molecule has 11 heteroatoms. The number of rotatable bonds is 6.